The molecular weight excluding hydrogens is 385 g/mol. The fourth-order valence-electron chi connectivity index (χ4n) is 3.69. The highest BCUT2D eigenvalue weighted by Crippen LogP contribution is 2.26. The lowest BCUT2D eigenvalue weighted by molar-refractivity contribution is -0.130. The quantitative estimate of drug-likeness (QED) is 0.670. The van der Waals surface area contributed by atoms with E-state index in [4.69, 9.17) is 0 Å². The first kappa shape index (κ1) is 19.6. The minimum atomic E-state index is -0.212. The number of carbonyl (C=O) groups excluding carboxylic acids is 1. The van der Waals surface area contributed by atoms with Crippen LogP contribution in [0.2, 0.25) is 0 Å². The van der Waals surface area contributed by atoms with Gasteiger partial charge in [0.2, 0.25) is 5.91 Å². The molecule has 1 aliphatic heterocycles. The third kappa shape index (κ3) is 4.66. The number of para-hydroxylation sites is 1. The van der Waals surface area contributed by atoms with E-state index in [9.17, 15) is 9.18 Å². The molecule has 1 aromatic heterocycles. The number of amides is 1. The molecule has 0 aliphatic carbocycles. The highest BCUT2D eigenvalue weighted by atomic mass is 32.1. The maximum atomic E-state index is 14.0. The van der Waals surface area contributed by atoms with Crippen LogP contribution in [0.25, 0.3) is 0 Å². The maximum Gasteiger partial charge on any atom is 0.236 e. The molecule has 1 fully saturated rings. The Bertz CT molecular complexity index is 924. The fourth-order valence-corrected chi connectivity index (χ4v) is 4.52. The largest absolute Gasteiger partial charge is 0.366 e. The molecule has 150 valence electrons. The number of anilines is 1. The number of rotatable bonds is 6. The van der Waals surface area contributed by atoms with Crippen LogP contribution in [0.4, 0.5) is 10.1 Å². The van der Waals surface area contributed by atoms with Crippen LogP contribution in [-0.4, -0.2) is 43.5 Å². The molecule has 6 heteroatoms. The second-order valence-electron chi connectivity index (χ2n) is 7.06. The molecule has 0 unspecified atom stereocenters. The summed E-state index contributed by atoms with van der Waals surface area (Å²) in [6.45, 7) is 2.75. The Labute approximate surface area is 174 Å². The lowest BCUT2D eigenvalue weighted by Gasteiger charge is -2.36. The van der Waals surface area contributed by atoms with Crippen LogP contribution in [0.5, 0.6) is 0 Å². The van der Waals surface area contributed by atoms with Gasteiger partial charge >= 0.3 is 0 Å². The molecule has 1 aliphatic rings. The van der Waals surface area contributed by atoms with Gasteiger partial charge in [-0.05, 0) is 29.1 Å². The molecular formula is C23H24FN3OS. The molecule has 2 heterocycles. The Hall–Kier alpha value is -2.70. The van der Waals surface area contributed by atoms with Crippen LogP contribution in [0.15, 0.2) is 72.1 Å². The second kappa shape index (κ2) is 9.20. The summed E-state index contributed by atoms with van der Waals surface area (Å²) >= 11 is 1.68. The number of thiophene rings is 1. The number of hydrogen-bond donors (Lipinski definition) is 1. The van der Waals surface area contributed by atoms with E-state index < -0.39 is 0 Å². The summed E-state index contributed by atoms with van der Waals surface area (Å²) in [7, 11) is 0. The standard InChI is InChI=1S/C23H24FN3OS/c24-19-9-4-5-10-20(19)26-12-14-27(15-13-26)22(28)17-25-23(21-11-6-16-29-21)18-7-2-1-3-8-18/h1-11,16,23,25H,12-15,17H2/t23-/m1/s1. The number of benzene rings is 2. The van der Waals surface area contributed by atoms with E-state index in [0.29, 0.717) is 31.9 Å². The predicted octanol–water partition coefficient (Wildman–Crippen LogP) is 3.92. The first-order valence-corrected chi connectivity index (χ1v) is 10.7. The van der Waals surface area contributed by atoms with E-state index in [1.54, 1.807) is 23.5 Å². The van der Waals surface area contributed by atoms with Gasteiger partial charge in [-0.2, -0.15) is 0 Å². The minimum Gasteiger partial charge on any atom is -0.366 e. The second-order valence-corrected chi connectivity index (χ2v) is 8.04. The number of piperazine rings is 1. The van der Waals surface area contributed by atoms with E-state index >= 15 is 0 Å². The van der Waals surface area contributed by atoms with Gasteiger partial charge in [-0.3, -0.25) is 10.1 Å². The van der Waals surface area contributed by atoms with Gasteiger partial charge in [0.05, 0.1) is 18.3 Å². The van der Waals surface area contributed by atoms with E-state index in [1.165, 1.54) is 10.9 Å². The molecule has 0 spiro atoms. The Balaban J connectivity index is 1.35. The molecule has 4 rings (SSSR count). The van der Waals surface area contributed by atoms with E-state index in [-0.39, 0.29) is 24.3 Å². The summed E-state index contributed by atoms with van der Waals surface area (Å²) in [5.41, 5.74) is 1.76. The first-order valence-electron chi connectivity index (χ1n) is 9.81. The monoisotopic (exact) mass is 409 g/mol. The molecule has 0 radical (unpaired) electrons. The van der Waals surface area contributed by atoms with Crippen molar-refractivity contribution in [3.63, 3.8) is 0 Å². The average molecular weight is 410 g/mol. The molecule has 0 saturated carbocycles. The van der Waals surface area contributed by atoms with Gasteiger partial charge in [0.15, 0.2) is 0 Å². The topological polar surface area (TPSA) is 35.6 Å². The van der Waals surface area contributed by atoms with Crippen LogP contribution in [0.3, 0.4) is 0 Å². The number of halogens is 1. The number of nitrogens with zero attached hydrogens (tertiary/aromatic N) is 2. The van der Waals surface area contributed by atoms with E-state index in [0.717, 1.165) is 5.56 Å². The van der Waals surface area contributed by atoms with Crippen LogP contribution < -0.4 is 10.2 Å². The Morgan fingerprint density at radius 2 is 1.69 bits per heavy atom. The van der Waals surface area contributed by atoms with Gasteiger partial charge < -0.3 is 9.80 Å². The summed E-state index contributed by atoms with van der Waals surface area (Å²) in [5.74, 6) is -0.133. The number of hydrogen-bond acceptors (Lipinski definition) is 4. The summed E-state index contributed by atoms with van der Waals surface area (Å²) in [4.78, 5) is 17.8. The van der Waals surface area contributed by atoms with Gasteiger partial charge in [-0.25, -0.2) is 4.39 Å². The van der Waals surface area contributed by atoms with Crippen molar-refractivity contribution in [3.05, 3.63) is 88.4 Å². The lowest BCUT2D eigenvalue weighted by Crippen LogP contribution is -2.51. The van der Waals surface area contributed by atoms with Crippen molar-refractivity contribution in [2.24, 2.45) is 0 Å². The minimum absolute atomic E-state index is 0.000136. The fraction of sp³-hybridized carbons (Fsp3) is 0.261. The Morgan fingerprint density at radius 3 is 2.38 bits per heavy atom. The van der Waals surface area contributed by atoms with E-state index in [1.807, 2.05) is 40.1 Å². The molecule has 3 aromatic rings. The van der Waals surface area contributed by atoms with Crippen molar-refractivity contribution in [2.45, 2.75) is 6.04 Å². The van der Waals surface area contributed by atoms with Gasteiger partial charge in [-0.15, -0.1) is 11.3 Å². The van der Waals surface area contributed by atoms with Crippen LogP contribution >= 0.6 is 11.3 Å². The highest BCUT2D eigenvalue weighted by Gasteiger charge is 2.24. The molecule has 1 saturated heterocycles. The van der Waals surface area contributed by atoms with Gasteiger partial charge in [0.1, 0.15) is 5.82 Å². The zero-order valence-electron chi connectivity index (χ0n) is 16.1. The lowest BCUT2D eigenvalue weighted by atomic mass is 10.1. The SMILES string of the molecule is O=C(CN[C@H](c1ccccc1)c1cccs1)N1CCN(c2ccccc2F)CC1. The van der Waals surface area contributed by atoms with Crippen molar-refractivity contribution < 1.29 is 9.18 Å². The van der Waals surface area contributed by atoms with Crippen molar-refractivity contribution in [2.75, 3.05) is 37.6 Å². The average Bonchev–Trinajstić information content (AvgIpc) is 3.30. The van der Waals surface area contributed by atoms with Crippen molar-refractivity contribution in [1.82, 2.24) is 10.2 Å². The number of nitrogens with one attached hydrogen (secondary N) is 1. The Morgan fingerprint density at radius 1 is 0.966 bits per heavy atom. The zero-order chi connectivity index (χ0) is 20.1. The van der Waals surface area contributed by atoms with Crippen LogP contribution in [0, 0.1) is 5.82 Å². The molecule has 1 amide bonds. The van der Waals surface area contributed by atoms with Crippen molar-refractivity contribution in [3.8, 4) is 0 Å². The normalized spacial score (nSPS) is 15.3. The van der Waals surface area contributed by atoms with E-state index in [2.05, 4.69) is 28.9 Å². The van der Waals surface area contributed by atoms with Crippen molar-refractivity contribution in [1.29, 1.82) is 0 Å². The van der Waals surface area contributed by atoms with Crippen LogP contribution in [-0.2, 0) is 4.79 Å². The Kier molecular flexibility index (Phi) is 6.22. The first-order chi connectivity index (χ1) is 14.2. The zero-order valence-corrected chi connectivity index (χ0v) is 16.9. The highest BCUT2D eigenvalue weighted by molar-refractivity contribution is 7.10. The summed E-state index contributed by atoms with van der Waals surface area (Å²) in [6.07, 6.45) is 0. The predicted molar refractivity (Wildman–Crippen MR) is 116 cm³/mol. The van der Waals surface area contributed by atoms with Crippen LogP contribution in [0.1, 0.15) is 16.5 Å². The van der Waals surface area contributed by atoms with Crippen molar-refractivity contribution >= 4 is 22.9 Å². The van der Waals surface area contributed by atoms with Gasteiger partial charge in [0, 0.05) is 31.1 Å². The number of carbonyl (C=O) groups is 1. The molecule has 29 heavy (non-hydrogen) atoms. The smallest absolute Gasteiger partial charge is 0.236 e. The molecule has 4 nitrogen and oxygen atoms in total. The van der Waals surface area contributed by atoms with Gasteiger partial charge in [-0.1, -0.05) is 48.5 Å². The summed E-state index contributed by atoms with van der Waals surface area (Å²) < 4.78 is 14.0. The molecule has 1 atom stereocenters. The molecule has 0 bridgehead atoms. The molecule has 1 N–H and O–H groups in total. The third-order valence-electron chi connectivity index (χ3n) is 5.24. The summed E-state index contributed by atoms with van der Waals surface area (Å²) in [6, 6.07) is 21.1. The summed E-state index contributed by atoms with van der Waals surface area (Å²) in [5, 5.41) is 5.49. The van der Waals surface area contributed by atoms with Gasteiger partial charge in [0.25, 0.3) is 0 Å². The third-order valence-corrected chi connectivity index (χ3v) is 6.18. The molecule has 2 aromatic carbocycles. The maximum absolute atomic E-state index is 14.0.